The van der Waals surface area contributed by atoms with Crippen LogP contribution in [0.5, 0.6) is 0 Å². The molecule has 1 amide bonds. The zero-order chi connectivity index (χ0) is 23.3. The highest BCUT2D eigenvalue weighted by atomic mass is 35.5. The van der Waals surface area contributed by atoms with Crippen LogP contribution in [0.3, 0.4) is 0 Å². The highest BCUT2D eigenvalue weighted by molar-refractivity contribution is 7.92. The summed E-state index contributed by atoms with van der Waals surface area (Å²) in [5, 5.41) is 3.39. The van der Waals surface area contributed by atoms with Crippen LogP contribution in [0.15, 0.2) is 77.7 Å². The third-order valence-electron chi connectivity index (χ3n) is 5.28. The topological polar surface area (TPSA) is 66.5 Å². The minimum Gasteiger partial charge on any atom is -0.348 e. The van der Waals surface area contributed by atoms with E-state index in [2.05, 4.69) is 12.2 Å². The third kappa shape index (κ3) is 5.69. The van der Waals surface area contributed by atoms with Crippen LogP contribution in [0.2, 0.25) is 5.02 Å². The van der Waals surface area contributed by atoms with Crippen LogP contribution in [0, 0.1) is 6.92 Å². The Morgan fingerprint density at radius 2 is 1.56 bits per heavy atom. The molecular formula is C25H27ClN2O3S. The van der Waals surface area contributed by atoms with Gasteiger partial charge in [-0.1, -0.05) is 60.5 Å². The molecule has 0 aliphatic carbocycles. The van der Waals surface area contributed by atoms with Crippen molar-refractivity contribution >= 4 is 33.2 Å². The molecule has 3 rings (SSSR count). The smallest absolute Gasteiger partial charge is 0.264 e. The molecule has 0 radical (unpaired) electrons. The van der Waals surface area contributed by atoms with Gasteiger partial charge >= 0.3 is 0 Å². The van der Waals surface area contributed by atoms with E-state index in [-0.39, 0.29) is 17.5 Å². The second kappa shape index (κ2) is 10.2. The first kappa shape index (κ1) is 23.8. The predicted octanol–water partition coefficient (Wildman–Crippen LogP) is 5.28. The fraction of sp³-hybridized carbons (Fsp3) is 0.240. The quantitative estimate of drug-likeness (QED) is 0.486. The minimum absolute atomic E-state index is 0.119. The zero-order valence-corrected chi connectivity index (χ0v) is 20.0. The maximum absolute atomic E-state index is 13.4. The van der Waals surface area contributed by atoms with Crippen molar-refractivity contribution in [1.29, 1.82) is 0 Å². The van der Waals surface area contributed by atoms with E-state index in [4.69, 9.17) is 11.6 Å². The van der Waals surface area contributed by atoms with Crippen molar-refractivity contribution in [3.05, 3.63) is 94.5 Å². The van der Waals surface area contributed by atoms with Crippen molar-refractivity contribution < 1.29 is 13.2 Å². The summed E-state index contributed by atoms with van der Waals surface area (Å²) < 4.78 is 27.9. The molecule has 3 aromatic rings. The van der Waals surface area contributed by atoms with Crippen molar-refractivity contribution in [3.8, 4) is 0 Å². The number of aryl methyl sites for hydroxylation is 2. The molecule has 0 heterocycles. The van der Waals surface area contributed by atoms with Crippen LogP contribution < -0.4 is 9.62 Å². The van der Waals surface area contributed by atoms with Crippen LogP contribution in [0.25, 0.3) is 0 Å². The van der Waals surface area contributed by atoms with E-state index in [9.17, 15) is 13.2 Å². The van der Waals surface area contributed by atoms with Gasteiger partial charge in [0.2, 0.25) is 5.91 Å². The van der Waals surface area contributed by atoms with Gasteiger partial charge in [0.1, 0.15) is 6.54 Å². The lowest BCUT2D eigenvalue weighted by molar-refractivity contribution is -0.120. The Kier molecular flexibility index (Phi) is 7.59. The van der Waals surface area contributed by atoms with Gasteiger partial charge in [0.25, 0.3) is 10.0 Å². The molecule has 32 heavy (non-hydrogen) atoms. The van der Waals surface area contributed by atoms with Crippen LogP contribution in [-0.4, -0.2) is 20.9 Å². The fourth-order valence-electron chi connectivity index (χ4n) is 3.30. The normalized spacial score (nSPS) is 12.2. The number of amides is 1. The summed E-state index contributed by atoms with van der Waals surface area (Å²) in [7, 11) is -3.96. The van der Waals surface area contributed by atoms with Crippen LogP contribution >= 0.6 is 11.6 Å². The highest BCUT2D eigenvalue weighted by Gasteiger charge is 2.27. The Balaban J connectivity index is 1.85. The summed E-state index contributed by atoms with van der Waals surface area (Å²) >= 11 is 5.98. The molecule has 0 aliphatic heterocycles. The van der Waals surface area contributed by atoms with Gasteiger partial charge in [-0.3, -0.25) is 9.10 Å². The molecule has 0 aromatic heterocycles. The maximum Gasteiger partial charge on any atom is 0.264 e. The number of carbonyl (C=O) groups excluding carboxylic acids is 1. The standard InChI is InChI=1S/C25H27ClN2O3S/c1-4-20-7-9-21(10-8-20)19(3)27-25(29)17-28(23-13-11-22(26)12-14-23)32(30,31)24-15-5-18(2)6-16-24/h5-16,19H,4,17H2,1-3H3,(H,27,29)/t19-/m1/s1. The van der Waals surface area contributed by atoms with E-state index in [1.54, 1.807) is 48.5 Å². The Labute approximate surface area is 195 Å². The monoisotopic (exact) mass is 470 g/mol. The van der Waals surface area contributed by atoms with E-state index in [0.29, 0.717) is 10.7 Å². The van der Waals surface area contributed by atoms with Gasteiger partial charge in [-0.25, -0.2) is 8.42 Å². The lowest BCUT2D eigenvalue weighted by Gasteiger charge is -2.25. The lowest BCUT2D eigenvalue weighted by Crippen LogP contribution is -2.41. The molecule has 0 unspecified atom stereocenters. The molecule has 7 heteroatoms. The Hall–Kier alpha value is -2.83. The predicted molar refractivity (Wildman–Crippen MR) is 130 cm³/mol. The van der Waals surface area contributed by atoms with E-state index in [1.807, 2.05) is 38.1 Å². The Morgan fingerprint density at radius 3 is 2.12 bits per heavy atom. The SMILES string of the molecule is CCc1ccc([C@@H](C)NC(=O)CN(c2ccc(Cl)cc2)S(=O)(=O)c2ccc(C)cc2)cc1. The van der Waals surface area contributed by atoms with Gasteiger partial charge in [0, 0.05) is 5.02 Å². The molecular weight excluding hydrogens is 444 g/mol. The first-order valence-electron chi connectivity index (χ1n) is 10.4. The average Bonchev–Trinajstić information content (AvgIpc) is 2.78. The van der Waals surface area contributed by atoms with Crippen molar-refractivity contribution in [2.45, 2.75) is 38.1 Å². The summed E-state index contributed by atoms with van der Waals surface area (Å²) in [5.41, 5.74) is 3.48. The molecule has 0 spiro atoms. The van der Waals surface area contributed by atoms with E-state index >= 15 is 0 Å². The minimum atomic E-state index is -3.96. The number of carbonyl (C=O) groups is 1. The van der Waals surface area contributed by atoms with E-state index < -0.39 is 15.9 Å². The summed E-state index contributed by atoms with van der Waals surface area (Å²) in [6, 6.07) is 20.7. The Morgan fingerprint density at radius 1 is 0.969 bits per heavy atom. The summed E-state index contributed by atoms with van der Waals surface area (Å²) in [6.07, 6.45) is 0.938. The third-order valence-corrected chi connectivity index (χ3v) is 7.32. The van der Waals surface area contributed by atoms with E-state index in [0.717, 1.165) is 21.9 Å². The van der Waals surface area contributed by atoms with Gasteiger partial charge in [-0.15, -0.1) is 0 Å². The molecule has 1 N–H and O–H groups in total. The van der Waals surface area contributed by atoms with Crippen molar-refractivity contribution in [1.82, 2.24) is 5.32 Å². The number of anilines is 1. The van der Waals surface area contributed by atoms with Crippen LogP contribution in [-0.2, 0) is 21.2 Å². The first-order valence-corrected chi connectivity index (χ1v) is 12.3. The molecule has 0 fully saturated rings. The number of nitrogens with zero attached hydrogens (tertiary/aromatic N) is 1. The molecule has 0 saturated carbocycles. The molecule has 1 atom stereocenters. The van der Waals surface area contributed by atoms with E-state index in [1.165, 1.54) is 5.56 Å². The van der Waals surface area contributed by atoms with Crippen molar-refractivity contribution in [3.63, 3.8) is 0 Å². The first-order chi connectivity index (χ1) is 15.2. The lowest BCUT2D eigenvalue weighted by atomic mass is 10.1. The van der Waals surface area contributed by atoms with Crippen LogP contribution in [0.4, 0.5) is 5.69 Å². The number of halogens is 1. The van der Waals surface area contributed by atoms with Gasteiger partial charge in [-0.05, 0) is 67.8 Å². The van der Waals surface area contributed by atoms with Gasteiger partial charge in [0.05, 0.1) is 16.6 Å². The molecule has 3 aromatic carbocycles. The molecule has 5 nitrogen and oxygen atoms in total. The molecule has 168 valence electrons. The van der Waals surface area contributed by atoms with Crippen LogP contribution in [0.1, 0.15) is 36.6 Å². The fourth-order valence-corrected chi connectivity index (χ4v) is 4.85. The molecule has 0 saturated heterocycles. The summed E-state index contributed by atoms with van der Waals surface area (Å²) in [4.78, 5) is 13.0. The van der Waals surface area contributed by atoms with Crippen molar-refractivity contribution in [2.24, 2.45) is 0 Å². The molecule has 0 aliphatic rings. The van der Waals surface area contributed by atoms with Crippen molar-refractivity contribution in [2.75, 3.05) is 10.8 Å². The average molecular weight is 471 g/mol. The summed E-state index contributed by atoms with van der Waals surface area (Å²) in [5.74, 6) is -0.400. The number of hydrogen-bond acceptors (Lipinski definition) is 3. The summed E-state index contributed by atoms with van der Waals surface area (Å²) in [6.45, 7) is 5.49. The highest BCUT2D eigenvalue weighted by Crippen LogP contribution is 2.25. The number of hydrogen-bond donors (Lipinski definition) is 1. The zero-order valence-electron chi connectivity index (χ0n) is 18.4. The number of rotatable bonds is 8. The van der Waals surface area contributed by atoms with Gasteiger partial charge in [0.15, 0.2) is 0 Å². The van der Waals surface area contributed by atoms with Gasteiger partial charge in [-0.2, -0.15) is 0 Å². The molecule has 0 bridgehead atoms. The number of sulfonamides is 1. The largest absolute Gasteiger partial charge is 0.348 e. The van der Waals surface area contributed by atoms with Gasteiger partial charge < -0.3 is 5.32 Å². The number of benzene rings is 3. The number of nitrogens with one attached hydrogen (secondary N) is 1. The second-order valence-corrected chi connectivity index (χ2v) is 9.98. The Bertz CT molecular complexity index is 1160. The second-order valence-electron chi connectivity index (χ2n) is 7.69. The maximum atomic E-state index is 13.4.